The molecule has 2 rings (SSSR count). The molecule has 1 aromatic rings. The quantitative estimate of drug-likeness (QED) is 0.793. The number of nitrogens with zero attached hydrogens (tertiary/aromatic N) is 1. The fraction of sp³-hybridized carbons (Fsp3) is 0.526. The standard InChI is InChI=1S/C19H26N2O4/c1-3-8-15(17(23)24)13-20-18(25)19(2)11-7-12-21(19)16(22)14-9-5-4-6-10-14/h4-6,9-10,15H,3,7-8,11-13H2,1-2H3,(H,20,25)(H,23,24). The molecule has 2 N–H and O–H groups in total. The van der Waals surface area contributed by atoms with Crippen LogP contribution in [0.3, 0.4) is 0 Å². The summed E-state index contributed by atoms with van der Waals surface area (Å²) >= 11 is 0. The number of carbonyl (C=O) groups is 3. The van der Waals surface area contributed by atoms with Crippen molar-refractivity contribution >= 4 is 17.8 Å². The summed E-state index contributed by atoms with van der Waals surface area (Å²) in [4.78, 5) is 38.4. The largest absolute Gasteiger partial charge is 0.481 e. The Morgan fingerprint density at radius 2 is 1.96 bits per heavy atom. The monoisotopic (exact) mass is 346 g/mol. The van der Waals surface area contributed by atoms with Crippen LogP contribution in [0.25, 0.3) is 0 Å². The van der Waals surface area contributed by atoms with Crippen molar-refractivity contribution in [2.45, 2.75) is 45.1 Å². The Hall–Kier alpha value is -2.37. The van der Waals surface area contributed by atoms with Crippen molar-refractivity contribution in [1.29, 1.82) is 0 Å². The molecule has 6 heteroatoms. The van der Waals surface area contributed by atoms with Gasteiger partial charge in [0.1, 0.15) is 5.54 Å². The van der Waals surface area contributed by atoms with E-state index < -0.39 is 17.4 Å². The minimum Gasteiger partial charge on any atom is -0.481 e. The van der Waals surface area contributed by atoms with Crippen LogP contribution in [-0.4, -0.2) is 46.4 Å². The van der Waals surface area contributed by atoms with E-state index >= 15 is 0 Å². The Morgan fingerprint density at radius 3 is 2.56 bits per heavy atom. The summed E-state index contributed by atoms with van der Waals surface area (Å²) < 4.78 is 0. The fourth-order valence-electron chi connectivity index (χ4n) is 3.33. The molecular formula is C19H26N2O4. The lowest BCUT2D eigenvalue weighted by Crippen LogP contribution is -2.56. The maximum Gasteiger partial charge on any atom is 0.308 e. The molecule has 0 saturated carbocycles. The van der Waals surface area contributed by atoms with Gasteiger partial charge in [0.25, 0.3) is 5.91 Å². The molecule has 136 valence electrons. The third-order valence-corrected chi connectivity index (χ3v) is 4.89. The van der Waals surface area contributed by atoms with Gasteiger partial charge in [-0.25, -0.2) is 0 Å². The lowest BCUT2D eigenvalue weighted by Gasteiger charge is -2.34. The number of aliphatic carboxylic acids is 1. The molecule has 6 nitrogen and oxygen atoms in total. The summed E-state index contributed by atoms with van der Waals surface area (Å²) in [7, 11) is 0. The van der Waals surface area contributed by atoms with Gasteiger partial charge in [-0.05, 0) is 38.3 Å². The second-order valence-corrected chi connectivity index (χ2v) is 6.73. The Balaban J connectivity index is 2.08. The zero-order valence-corrected chi connectivity index (χ0v) is 14.8. The molecule has 1 heterocycles. The van der Waals surface area contributed by atoms with Crippen LogP contribution in [0.5, 0.6) is 0 Å². The number of carboxylic acids is 1. The van der Waals surface area contributed by atoms with Gasteiger partial charge in [-0.15, -0.1) is 0 Å². The van der Waals surface area contributed by atoms with Crippen molar-refractivity contribution in [3.05, 3.63) is 35.9 Å². The number of nitrogens with one attached hydrogen (secondary N) is 1. The van der Waals surface area contributed by atoms with Crippen molar-refractivity contribution in [3.63, 3.8) is 0 Å². The molecule has 1 aliphatic heterocycles. The molecule has 2 amide bonds. The third-order valence-electron chi connectivity index (χ3n) is 4.89. The lowest BCUT2D eigenvalue weighted by molar-refractivity contribution is -0.142. The fourth-order valence-corrected chi connectivity index (χ4v) is 3.33. The van der Waals surface area contributed by atoms with E-state index in [4.69, 9.17) is 0 Å². The summed E-state index contributed by atoms with van der Waals surface area (Å²) in [5, 5.41) is 12.0. The Bertz CT molecular complexity index is 632. The highest BCUT2D eigenvalue weighted by Gasteiger charge is 2.45. The van der Waals surface area contributed by atoms with Gasteiger partial charge in [-0.1, -0.05) is 31.5 Å². The average Bonchev–Trinajstić information content (AvgIpc) is 3.01. The number of amides is 2. The Kier molecular flexibility index (Phi) is 6.17. The van der Waals surface area contributed by atoms with Gasteiger partial charge in [0.15, 0.2) is 0 Å². The summed E-state index contributed by atoms with van der Waals surface area (Å²) in [6.45, 7) is 4.28. The molecule has 1 aliphatic rings. The van der Waals surface area contributed by atoms with E-state index in [1.54, 1.807) is 36.1 Å². The predicted molar refractivity (Wildman–Crippen MR) is 94.2 cm³/mol. The van der Waals surface area contributed by atoms with Crippen LogP contribution in [0.1, 0.15) is 49.9 Å². The van der Waals surface area contributed by atoms with Gasteiger partial charge >= 0.3 is 5.97 Å². The third kappa shape index (κ3) is 4.18. The minimum absolute atomic E-state index is 0.0883. The van der Waals surface area contributed by atoms with Crippen LogP contribution < -0.4 is 5.32 Å². The number of likely N-dealkylation sites (tertiary alicyclic amines) is 1. The number of carbonyl (C=O) groups excluding carboxylic acids is 2. The lowest BCUT2D eigenvalue weighted by atomic mass is 9.96. The van der Waals surface area contributed by atoms with Gasteiger partial charge in [0.2, 0.25) is 5.91 Å². The van der Waals surface area contributed by atoms with Gasteiger partial charge in [0.05, 0.1) is 5.92 Å². The molecule has 0 spiro atoms. The summed E-state index contributed by atoms with van der Waals surface area (Å²) in [6, 6.07) is 8.90. The zero-order chi connectivity index (χ0) is 18.4. The van der Waals surface area contributed by atoms with E-state index in [1.807, 2.05) is 13.0 Å². The van der Waals surface area contributed by atoms with Crippen LogP contribution in [0.4, 0.5) is 0 Å². The smallest absolute Gasteiger partial charge is 0.308 e. The Labute approximate surface area is 148 Å². The minimum atomic E-state index is -0.942. The van der Waals surface area contributed by atoms with Crippen molar-refractivity contribution in [2.75, 3.05) is 13.1 Å². The normalized spacial score (nSPS) is 21.0. The first kappa shape index (κ1) is 19.0. The number of hydrogen-bond donors (Lipinski definition) is 2. The van der Waals surface area contributed by atoms with E-state index in [2.05, 4.69) is 5.32 Å². The Morgan fingerprint density at radius 1 is 1.28 bits per heavy atom. The first-order valence-electron chi connectivity index (χ1n) is 8.78. The first-order chi connectivity index (χ1) is 11.9. The topological polar surface area (TPSA) is 86.7 Å². The number of hydrogen-bond acceptors (Lipinski definition) is 3. The first-order valence-corrected chi connectivity index (χ1v) is 8.78. The highest BCUT2D eigenvalue weighted by Crippen LogP contribution is 2.31. The van der Waals surface area contributed by atoms with Crippen LogP contribution in [0.15, 0.2) is 30.3 Å². The number of rotatable bonds is 7. The summed E-state index contributed by atoms with van der Waals surface area (Å²) in [6.07, 6.45) is 2.57. The SMILES string of the molecule is CCCC(CNC(=O)C1(C)CCCN1C(=O)c1ccccc1)C(=O)O. The molecule has 2 unspecified atom stereocenters. The molecule has 2 atom stereocenters. The molecule has 1 saturated heterocycles. The molecular weight excluding hydrogens is 320 g/mol. The molecule has 25 heavy (non-hydrogen) atoms. The van der Waals surface area contributed by atoms with E-state index in [1.165, 1.54) is 0 Å². The average molecular weight is 346 g/mol. The van der Waals surface area contributed by atoms with Gasteiger partial charge < -0.3 is 15.3 Å². The van der Waals surface area contributed by atoms with Crippen LogP contribution in [0.2, 0.25) is 0 Å². The van der Waals surface area contributed by atoms with E-state index in [9.17, 15) is 19.5 Å². The molecule has 0 radical (unpaired) electrons. The van der Waals surface area contributed by atoms with Crippen LogP contribution >= 0.6 is 0 Å². The molecule has 1 aromatic carbocycles. The van der Waals surface area contributed by atoms with Gasteiger partial charge in [-0.3, -0.25) is 14.4 Å². The van der Waals surface area contributed by atoms with Crippen molar-refractivity contribution in [1.82, 2.24) is 10.2 Å². The summed E-state index contributed by atoms with van der Waals surface area (Å²) in [5.41, 5.74) is -0.389. The van der Waals surface area contributed by atoms with Crippen LogP contribution in [-0.2, 0) is 9.59 Å². The summed E-state index contributed by atoms with van der Waals surface area (Å²) in [5.74, 6) is -1.95. The van der Waals surface area contributed by atoms with Gasteiger partial charge in [-0.2, -0.15) is 0 Å². The highest BCUT2D eigenvalue weighted by atomic mass is 16.4. The predicted octanol–water partition coefficient (Wildman–Crippen LogP) is 2.30. The van der Waals surface area contributed by atoms with Crippen molar-refractivity contribution in [3.8, 4) is 0 Å². The molecule has 0 bridgehead atoms. The van der Waals surface area contributed by atoms with Crippen molar-refractivity contribution in [2.24, 2.45) is 5.92 Å². The molecule has 0 aliphatic carbocycles. The number of carboxylic acid groups (broad SMARTS) is 1. The second kappa shape index (κ2) is 8.14. The second-order valence-electron chi connectivity index (χ2n) is 6.73. The zero-order valence-electron chi connectivity index (χ0n) is 14.8. The van der Waals surface area contributed by atoms with Gasteiger partial charge in [0, 0.05) is 18.7 Å². The van der Waals surface area contributed by atoms with E-state index in [0.29, 0.717) is 24.9 Å². The van der Waals surface area contributed by atoms with Crippen LogP contribution in [0, 0.1) is 5.92 Å². The maximum atomic E-state index is 12.8. The number of benzene rings is 1. The van der Waals surface area contributed by atoms with E-state index in [-0.39, 0.29) is 18.4 Å². The van der Waals surface area contributed by atoms with E-state index in [0.717, 1.165) is 12.8 Å². The highest BCUT2D eigenvalue weighted by molar-refractivity contribution is 5.99. The maximum absolute atomic E-state index is 12.8. The molecule has 0 aromatic heterocycles. The molecule has 1 fully saturated rings. The van der Waals surface area contributed by atoms with Crippen molar-refractivity contribution < 1.29 is 19.5 Å².